The second-order valence-electron chi connectivity index (χ2n) is 16.4. The van der Waals surface area contributed by atoms with Crippen LogP contribution < -0.4 is 18.9 Å². The summed E-state index contributed by atoms with van der Waals surface area (Å²) in [6.07, 6.45) is 8.47. The highest BCUT2D eigenvalue weighted by atomic mass is 79.9. The SMILES string of the molecule is CC.CCC(C)COc1cc2c(cc1OCC(C)CC)C1(C(C)=C(C/C=C\CBr)c3ccc(Br)cc31)c1cc(OCC(C)(C)C)c(OCC(C)CC)cc1-2. The first kappa shape index (κ1) is 44.0. The van der Waals surface area contributed by atoms with E-state index < -0.39 is 5.41 Å². The molecule has 0 amide bonds. The van der Waals surface area contributed by atoms with Gasteiger partial charge >= 0.3 is 0 Å². The lowest BCUT2D eigenvalue weighted by atomic mass is 9.70. The maximum atomic E-state index is 6.73. The van der Waals surface area contributed by atoms with Crippen molar-refractivity contribution in [3.63, 3.8) is 0 Å². The van der Waals surface area contributed by atoms with Crippen molar-refractivity contribution in [1.82, 2.24) is 0 Å². The predicted molar refractivity (Wildman–Crippen MR) is 237 cm³/mol. The second-order valence-corrected chi connectivity index (χ2v) is 17.9. The second kappa shape index (κ2) is 19.4. The van der Waals surface area contributed by atoms with Crippen molar-refractivity contribution >= 4 is 37.4 Å². The highest BCUT2D eigenvalue weighted by Gasteiger charge is 2.52. The number of fused-ring (bicyclic) bond motifs is 7. The molecule has 0 aromatic heterocycles. The van der Waals surface area contributed by atoms with Crippen molar-refractivity contribution in [2.45, 2.75) is 114 Å². The topological polar surface area (TPSA) is 36.9 Å². The third kappa shape index (κ3) is 9.45. The van der Waals surface area contributed by atoms with Gasteiger partial charge in [-0.05, 0) is 117 Å². The molecule has 2 aliphatic carbocycles. The number of halogens is 2. The zero-order chi connectivity index (χ0) is 39.8. The minimum Gasteiger partial charge on any atom is -0.489 e. The number of allylic oxidation sites excluding steroid dienone is 4. The fourth-order valence-corrected chi connectivity index (χ4v) is 7.69. The van der Waals surface area contributed by atoms with Crippen molar-refractivity contribution in [2.75, 3.05) is 31.8 Å². The van der Waals surface area contributed by atoms with Gasteiger partial charge in [-0.1, -0.05) is 146 Å². The van der Waals surface area contributed by atoms with E-state index in [1.165, 1.54) is 33.4 Å². The Morgan fingerprint density at radius 3 is 1.54 bits per heavy atom. The fourth-order valence-electron chi connectivity index (χ4n) is 7.07. The summed E-state index contributed by atoms with van der Waals surface area (Å²) < 4.78 is 27.8. The molecule has 4 nitrogen and oxygen atoms in total. The van der Waals surface area contributed by atoms with Gasteiger partial charge in [-0.25, -0.2) is 0 Å². The highest BCUT2D eigenvalue weighted by Crippen LogP contribution is 2.65. The molecular formula is C48H66Br2O4. The Balaban J connectivity index is 0.00000319. The number of alkyl halides is 1. The zero-order valence-corrected chi connectivity index (χ0v) is 38.4. The van der Waals surface area contributed by atoms with Crippen LogP contribution in [-0.4, -0.2) is 31.8 Å². The molecule has 0 heterocycles. The largest absolute Gasteiger partial charge is 0.489 e. The number of hydrogen-bond acceptors (Lipinski definition) is 4. The van der Waals surface area contributed by atoms with E-state index in [2.05, 4.69) is 156 Å². The van der Waals surface area contributed by atoms with Crippen LogP contribution in [-0.2, 0) is 5.41 Å². The summed E-state index contributed by atoms with van der Waals surface area (Å²) in [5, 5.41) is 0.827. The van der Waals surface area contributed by atoms with Gasteiger partial charge in [0.25, 0.3) is 0 Å². The Bertz CT molecular complexity index is 1780. The molecule has 0 saturated carbocycles. The molecule has 4 unspecified atom stereocenters. The molecule has 4 atom stereocenters. The molecule has 0 radical (unpaired) electrons. The van der Waals surface area contributed by atoms with E-state index in [1.807, 2.05) is 13.8 Å². The first-order valence-corrected chi connectivity index (χ1v) is 22.3. The van der Waals surface area contributed by atoms with Crippen LogP contribution in [0.5, 0.6) is 23.0 Å². The normalized spacial score (nSPS) is 17.4. The smallest absolute Gasteiger partial charge is 0.161 e. The van der Waals surface area contributed by atoms with Crippen LogP contribution in [0, 0.1) is 23.2 Å². The molecule has 0 N–H and O–H groups in total. The van der Waals surface area contributed by atoms with E-state index in [1.54, 1.807) is 0 Å². The average Bonchev–Trinajstić information content (AvgIpc) is 3.57. The lowest BCUT2D eigenvalue weighted by Gasteiger charge is -2.32. The molecule has 0 fully saturated rings. The molecule has 3 aromatic carbocycles. The molecule has 3 aromatic rings. The van der Waals surface area contributed by atoms with Crippen molar-refractivity contribution in [2.24, 2.45) is 23.2 Å². The van der Waals surface area contributed by atoms with E-state index in [0.717, 1.165) is 69.6 Å². The maximum absolute atomic E-state index is 6.73. The first-order chi connectivity index (χ1) is 25.8. The van der Waals surface area contributed by atoms with Crippen molar-refractivity contribution in [3.05, 3.63) is 86.9 Å². The van der Waals surface area contributed by atoms with Crippen LogP contribution in [0.4, 0.5) is 0 Å². The van der Waals surface area contributed by atoms with Gasteiger partial charge in [-0.15, -0.1) is 0 Å². The van der Waals surface area contributed by atoms with Crippen LogP contribution in [0.3, 0.4) is 0 Å². The van der Waals surface area contributed by atoms with Crippen LogP contribution in [0.2, 0.25) is 0 Å². The first-order valence-electron chi connectivity index (χ1n) is 20.4. The lowest BCUT2D eigenvalue weighted by Crippen LogP contribution is -2.27. The quantitative estimate of drug-likeness (QED) is 0.100. The number of rotatable bonds is 17. The van der Waals surface area contributed by atoms with E-state index in [0.29, 0.717) is 44.2 Å². The van der Waals surface area contributed by atoms with Gasteiger partial charge in [-0.3, -0.25) is 0 Å². The Kier molecular flexibility index (Phi) is 15.8. The number of benzene rings is 3. The number of ether oxygens (including phenoxy) is 4. The third-order valence-corrected chi connectivity index (χ3v) is 11.8. The molecule has 1 spiro atoms. The van der Waals surface area contributed by atoms with Crippen molar-refractivity contribution in [3.8, 4) is 34.1 Å². The molecule has 0 aliphatic heterocycles. The monoisotopic (exact) mass is 864 g/mol. The van der Waals surface area contributed by atoms with Gasteiger partial charge in [0, 0.05) is 9.80 Å². The highest BCUT2D eigenvalue weighted by molar-refractivity contribution is 9.10. The van der Waals surface area contributed by atoms with Gasteiger partial charge in [0.1, 0.15) is 0 Å². The van der Waals surface area contributed by atoms with Crippen LogP contribution in [0.1, 0.15) is 131 Å². The van der Waals surface area contributed by atoms with Crippen LogP contribution in [0.25, 0.3) is 16.7 Å². The summed E-state index contributed by atoms with van der Waals surface area (Å²) in [4.78, 5) is 0. The summed E-state index contributed by atoms with van der Waals surface area (Å²) in [5.41, 5.74) is 9.41. The van der Waals surface area contributed by atoms with Crippen LogP contribution >= 0.6 is 31.9 Å². The molecular weight excluding hydrogens is 800 g/mol. The molecule has 5 rings (SSSR count). The molecule has 296 valence electrons. The summed E-state index contributed by atoms with van der Waals surface area (Å²) >= 11 is 7.48. The molecule has 54 heavy (non-hydrogen) atoms. The van der Waals surface area contributed by atoms with Crippen LogP contribution in [0.15, 0.2) is 64.7 Å². The Hall–Kier alpha value is -2.70. The molecule has 0 saturated heterocycles. The molecule has 6 heteroatoms. The minimum atomic E-state index is -0.555. The third-order valence-electron chi connectivity index (χ3n) is 10.9. The Labute approximate surface area is 344 Å². The fraction of sp³-hybridized carbons (Fsp3) is 0.542. The Morgan fingerprint density at radius 1 is 0.648 bits per heavy atom. The van der Waals surface area contributed by atoms with Gasteiger partial charge in [0.15, 0.2) is 23.0 Å². The summed E-state index contributed by atoms with van der Waals surface area (Å²) in [5.74, 6) is 4.47. The van der Waals surface area contributed by atoms with Gasteiger partial charge < -0.3 is 18.9 Å². The van der Waals surface area contributed by atoms with Crippen molar-refractivity contribution < 1.29 is 18.9 Å². The van der Waals surface area contributed by atoms with Gasteiger partial charge in [-0.2, -0.15) is 0 Å². The number of hydrogen-bond donors (Lipinski definition) is 0. The van der Waals surface area contributed by atoms with E-state index >= 15 is 0 Å². The summed E-state index contributed by atoms with van der Waals surface area (Å²) in [6.45, 7) is 28.8. The summed E-state index contributed by atoms with van der Waals surface area (Å²) in [7, 11) is 0. The van der Waals surface area contributed by atoms with Crippen molar-refractivity contribution in [1.29, 1.82) is 0 Å². The van der Waals surface area contributed by atoms with E-state index in [4.69, 9.17) is 18.9 Å². The predicted octanol–water partition coefficient (Wildman–Crippen LogP) is 14.6. The average molecular weight is 867 g/mol. The lowest BCUT2D eigenvalue weighted by molar-refractivity contribution is 0.182. The zero-order valence-electron chi connectivity index (χ0n) is 35.2. The Morgan fingerprint density at radius 2 is 1.09 bits per heavy atom. The summed E-state index contributed by atoms with van der Waals surface area (Å²) in [6, 6.07) is 15.9. The standard InChI is InChI=1S/C46H60Br2O4.C2H6/c1-11-29(4)25-49-41-21-36-37-22-42(50-26-30(5)12-2)44(52-28-45(8,9)10)24-40(37)46(39(36)23-43(41)51-27-31(6)13-3)32(7)34(16-14-15-19-47)35-18-17-33(48)20-38(35)46;1-2/h14-15,17-18,20-24,29-31H,11-13,16,19,25-28H2,1-10H3;1-2H3/b15-14-;. The maximum Gasteiger partial charge on any atom is 0.161 e. The van der Waals surface area contributed by atoms with Gasteiger partial charge in [0.2, 0.25) is 0 Å². The molecule has 2 aliphatic rings. The van der Waals surface area contributed by atoms with E-state index in [9.17, 15) is 0 Å². The van der Waals surface area contributed by atoms with E-state index in [-0.39, 0.29) is 5.41 Å². The van der Waals surface area contributed by atoms with Gasteiger partial charge in [0.05, 0.1) is 31.8 Å². The minimum absolute atomic E-state index is 0.0209. The molecule has 0 bridgehead atoms.